The summed E-state index contributed by atoms with van der Waals surface area (Å²) in [6.45, 7) is 3.71. The molecule has 103 valence electrons. The van der Waals surface area contributed by atoms with E-state index in [1.54, 1.807) is 17.5 Å². The zero-order chi connectivity index (χ0) is 13.0. The fourth-order valence-electron chi connectivity index (χ4n) is 2.29. The number of nitrogens with one attached hydrogen (secondary N) is 1. The second-order valence-corrected chi connectivity index (χ2v) is 5.82. The fourth-order valence-corrected chi connectivity index (χ4v) is 3.03. The second-order valence-electron chi connectivity index (χ2n) is 4.96. The molecule has 1 aliphatic carbocycles. The van der Waals surface area contributed by atoms with Crippen LogP contribution in [0.2, 0.25) is 0 Å². The maximum atomic E-state index is 11.5. The number of alkyl carbamates (subject to hydrolysis) is 1. The standard InChI is InChI=1S/C13H19N2O2S.Y/c1-9(2)17-13(16)15-11-5-3-10(4-6-11)12-14-7-8-18-12;/h7,9-11H,3-6H2,1-2H3,(H,15,16);/q-1;. The Balaban J connectivity index is 0.00000180. The largest absolute Gasteiger partial charge is 0.447 e. The van der Waals surface area contributed by atoms with Gasteiger partial charge in [0.2, 0.25) is 0 Å². The molecule has 0 aliphatic heterocycles. The first kappa shape index (κ1) is 17.1. The summed E-state index contributed by atoms with van der Waals surface area (Å²) in [5, 5.41) is 7.14. The van der Waals surface area contributed by atoms with Gasteiger partial charge in [0.1, 0.15) is 0 Å². The van der Waals surface area contributed by atoms with Crippen LogP contribution in [-0.4, -0.2) is 23.2 Å². The molecule has 1 aliphatic rings. The molecule has 1 N–H and O–H groups in total. The molecule has 0 atom stereocenters. The molecule has 1 heterocycles. The molecule has 0 bridgehead atoms. The molecule has 0 aromatic carbocycles. The van der Waals surface area contributed by atoms with Crippen molar-refractivity contribution in [3.8, 4) is 0 Å². The second kappa shape index (κ2) is 8.33. The predicted octanol–water partition coefficient (Wildman–Crippen LogP) is 3.10. The van der Waals surface area contributed by atoms with Gasteiger partial charge in [-0.3, -0.25) is 0 Å². The molecular formula is C13H19N2O2SY-. The van der Waals surface area contributed by atoms with Crippen LogP contribution in [0.25, 0.3) is 0 Å². The van der Waals surface area contributed by atoms with Crippen LogP contribution in [0.4, 0.5) is 4.79 Å². The number of amides is 1. The molecular weight excluding hydrogens is 337 g/mol. The zero-order valence-corrected chi connectivity index (χ0v) is 15.0. The van der Waals surface area contributed by atoms with Crippen molar-refractivity contribution in [2.45, 2.75) is 57.6 Å². The fraction of sp³-hybridized carbons (Fsp3) is 0.692. The number of aromatic nitrogens is 1. The Bertz CT molecular complexity index is 376. The van der Waals surface area contributed by atoms with E-state index in [0.717, 1.165) is 25.7 Å². The van der Waals surface area contributed by atoms with Crippen LogP contribution in [-0.2, 0) is 37.4 Å². The van der Waals surface area contributed by atoms with Crippen molar-refractivity contribution in [3.05, 3.63) is 16.6 Å². The van der Waals surface area contributed by atoms with E-state index < -0.39 is 0 Å². The van der Waals surface area contributed by atoms with Crippen LogP contribution in [0.1, 0.15) is 50.5 Å². The molecule has 1 amide bonds. The average Bonchev–Trinajstić information content (AvgIpc) is 2.82. The van der Waals surface area contributed by atoms with Crippen molar-refractivity contribution in [1.82, 2.24) is 10.3 Å². The van der Waals surface area contributed by atoms with E-state index in [2.05, 4.69) is 15.7 Å². The normalized spacial score (nSPS) is 22.7. The molecule has 1 radical (unpaired) electrons. The number of rotatable bonds is 3. The van der Waals surface area contributed by atoms with Gasteiger partial charge < -0.3 is 26.4 Å². The minimum atomic E-state index is -0.295. The van der Waals surface area contributed by atoms with Gasteiger partial charge in [0.15, 0.2) is 0 Å². The van der Waals surface area contributed by atoms with Crippen LogP contribution < -0.4 is 5.32 Å². The first-order chi connectivity index (χ1) is 8.65. The van der Waals surface area contributed by atoms with E-state index in [0.29, 0.717) is 5.92 Å². The molecule has 1 fully saturated rings. The minimum Gasteiger partial charge on any atom is -0.447 e. The Kier molecular flexibility index (Phi) is 7.47. The Morgan fingerprint density at radius 3 is 2.68 bits per heavy atom. The number of carbonyl (C=O) groups excluding carboxylic acids is 1. The van der Waals surface area contributed by atoms with E-state index in [1.165, 1.54) is 5.01 Å². The number of thiazole rings is 1. The Hall–Kier alpha value is 0.00390. The summed E-state index contributed by atoms with van der Waals surface area (Å²) >= 11 is 1.60. The first-order valence-corrected chi connectivity index (χ1v) is 7.25. The van der Waals surface area contributed by atoms with Crippen molar-refractivity contribution < 1.29 is 42.2 Å². The molecule has 1 aromatic heterocycles. The molecule has 19 heavy (non-hydrogen) atoms. The van der Waals surface area contributed by atoms with Crippen LogP contribution >= 0.6 is 11.3 Å². The topological polar surface area (TPSA) is 51.2 Å². The summed E-state index contributed by atoms with van der Waals surface area (Å²) in [5.41, 5.74) is 0. The van der Waals surface area contributed by atoms with Gasteiger partial charge in [0, 0.05) is 38.8 Å². The maximum Gasteiger partial charge on any atom is 0.407 e. The van der Waals surface area contributed by atoms with Crippen LogP contribution in [0, 0.1) is 5.38 Å². The Labute approximate surface area is 143 Å². The number of nitrogens with zero attached hydrogens (tertiary/aromatic N) is 1. The van der Waals surface area contributed by atoms with E-state index in [1.807, 2.05) is 13.8 Å². The third-order valence-electron chi connectivity index (χ3n) is 3.15. The van der Waals surface area contributed by atoms with Gasteiger partial charge in [-0.2, -0.15) is 5.38 Å². The van der Waals surface area contributed by atoms with Gasteiger partial charge in [-0.05, 0) is 26.7 Å². The molecule has 2 rings (SSSR count). The minimum absolute atomic E-state index is 0. The van der Waals surface area contributed by atoms with E-state index in [-0.39, 0.29) is 50.9 Å². The van der Waals surface area contributed by atoms with E-state index >= 15 is 0 Å². The van der Waals surface area contributed by atoms with Crippen molar-refractivity contribution in [3.63, 3.8) is 0 Å². The predicted molar refractivity (Wildman–Crippen MR) is 70.7 cm³/mol. The third-order valence-corrected chi connectivity index (χ3v) is 4.02. The molecule has 6 heteroatoms. The van der Waals surface area contributed by atoms with Gasteiger partial charge in [-0.15, -0.1) is 0 Å². The van der Waals surface area contributed by atoms with Crippen LogP contribution in [0.15, 0.2) is 6.20 Å². The van der Waals surface area contributed by atoms with Crippen molar-refractivity contribution in [1.29, 1.82) is 0 Å². The number of ether oxygens (including phenoxy) is 1. The van der Waals surface area contributed by atoms with Gasteiger partial charge in [0.25, 0.3) is 0 Å². The average molecular weight is 356 g/mol. The number of hydrogen-bond donors (Lipinski definition) is 1. The van der Waals surface area contributed by atoms with E-state index in [9.17, 15) is 4.79 Å². The van der Waals surface area contributed by atoms with Crippen molar-refractivity contribution in [2.75, 3.05) is 0 Å². The maximum absolute atomic E-state index is 11.5. The molecule has 0 saturated heterocycles. The van der Waals surface area contributed by atoms with Crippen LogP contribution in [0.3, 0.4) is 0 Å². The zero-order valence-electron chi connectivity index (χ0n) is 11.4. The van der Waals surface area contributed by atoms with Gasteiger partial charge in [-0.1, -0.05) is 30.0 Å². The molecule has 1 aromatic rings. The Morgan fingerprint density at radius 2 is 2.16 bits per heavy atom. The van der Waals surface area contributed by atoms with Crippen molar-refractivity contribution >= 4 is 17.4 Å². The van der Waals surface area contributed by atoms with Gasteiger partial charge in [-0.25, -0.2) is 4.79 Å². The molecule has 0 spiro atoms. The van der Waals surface area contributed by atoms with Gasteiger partial charge in [0.05, 0.1) is 6.10 Å². The number of hydrogen-bond acceptors (Lipinski definition) is 4. The third kappa shape index (κ3) is 5.48. The summed E-state index contributed by atoms with van der Waals surface area (Å²) in [6, 6.07) is 0.247. The molecule has 1 saturated carbocycles. The monoisotopic (exact) mass is 356 g/mol. The summed E-state index contributed by atoms with van der Waals surface area (Å²) in [4.78, 5) is 15.8. The summed E-state index contributed by atoms with van der Waals surface area (Å²) < 4.78 is 5.09. The summed E-state index contributed by atoms with van der Waals surface area (Å²) in [5.74, 6) is 0.542. The number of carbonyl (C=O) groups is 1. The van der Waals surface area contributed by atoms with E-state index in [4.69, 9.17) is 4.74 Å². The summed E-state index contributed by atoms with van der Waals surface area (Å²) in [6.07, 6.45) is 5.53. The van der Waals surface area contributed by atoms with Gasteiger partial charge >= 0.3 is 6.09 Å². The summed E-state index contributed by atoms with van der Waals surface area (Å²) in [7, 11) is 0. The first-order valence-electron chi connectivity index (χ1n) is 6.44. The van der Waals surface area contributed by atoms with Crippen molar-refractivity contribution in [2.24, 2.45) is 0 Å². The SMILES string of the molecule is CC(C)OC(=O)NC1CCC(c2nc[c-]s2)CC1.[Y]. The molecule has 4 nitrogen and oxygen atoms in total. The quantitative estimate of drug-likeness (QED) is 0.847. The Morgan fingerprint density at radius 1 is 1.47 bits per heavy atom. The molecule has 0 unspecified atom stereocenters. The van der Waals surface area contributed by atoms with Crippen LogP contribution in [0.5, 0.6) is 0 Å². The smallest absolute Gasteiger partial charge is 0.407 e.